The molecule has 0 fully saturated rings. The molecule has 1 unspecified atom stereocenters. The molecule has 0 radical (unpaired) electrons. The smallest absolute Gasteiger partial charge is 0.338 e. The molecular weight excluding hydrogens is 331 g/mol. The third-order valence-corrected chi connectivity index (χ3v) is 3.62. The zero-order chi connectivity index (χ0) is 18.6. The summed E-state index contributed by atoms with van der Waals surface area (Å²) in [6, 6.07) is 7.22. The van der Waals surface area contributed by atoms with Crippen LogP contribution in [-0.4, -0.2) is 26.2 Å². The standard InChI is InChI=1S/C17H15FN2O5/c1-23-13(21)7-12-15(17(22)24-2)14(11(8-19)16(20)25-12)9-4-3-5-10(18)6-9/h3-6,14H,7,20H2,1-2H3. The second kappa shape index (κ2) is 7.49. The number of benzene rings is 1. The Morgan fingerprint density at radius 3 is 2.64 bits per heavy atom. The van der Waals surface area contributed by atoms with E-state index in [1.807, 2.05) is 6.07 Å². The molecular formula is C17H15FN2O5. The molecule has 1 aromatic carbocycles. The Morgan fingerprint density at radius 2 is 2.08 bits per heavy atom. The highest BCUT2D eigenvalue weighted by Crippen LogP contribution is 2.40. The van der Waals surface area contributed by atoms with Crippen molar-refractivity contribution in [2.75, 3.05) is 14.2 Å². The molecule has 0 amide bonds. The van der Waals surface area contributed by atoms with E-state index in [1.54, 1.807) is 0 Å². The second-order valence-corrected chi connectivity index (χ2v) is 5.06. The largest absolute Gasteiger partial charge is 0.469 e. The number of carbonyl (C=O) groups excluding carboxylic acids is 2. The van der Waals surface area contributed by atoms with Gasteiger partial charge in [0.2, 0.25) is 5.88 Å². The van der Waals surface area contributed by atoms with E-state index in [4.69, 9.17) is 15.2 Å². The lowest BCUT2D eigenvalue weighted by Gasteiger charge is -2.27. The lowest BCUT2D eigenvalue weighted by atomic mass is 9.82. The first kappa shape index (κ1) is 18.0. The highest BCUT2D eigenvalue weighted by Gasteiger charge is 2.38. The Labute approximate surface area is 143 Å². The highest BCUT2D eigenvalue weighted by atomic mass is 19.1. The molecule has 0 saturated heterocycles. The van der Waals surface area contributed by atoms with E-state index < -0.39 is 30.1 Å². The van der Waals surface area contributed by atoms with E-state index in [0.29, 0.717) is 5.56 Å². The van der Waals surface area contributed by atoms with Crippen molar-refractivity contribution < 1.29 is 28.2 Å². The number of ether oxygens (including phenoxy) is 3. The van der Waals surface area contributed by atoms with Crippen molar-refractivity contribution in [2.24, 2.45) is 5.73 Å². The van der Waals surface area contributed by atoms with Gasteiger partial charge in [0.1, 0.15) is 29.6 Å². The first-order chi connectivity index (χ1) is 11.9. The quantitative estimate of drug-likeness (QED) is 0.825. The Balaban J connectivity index is 2.69. The van der Waals surface area contributed by atoms with E-state index in [2.05, 4.69) is 4.74 Å². The molecule has 2 N–H and O–H groups in total. The fraction of sp³-hybridized carbons (Fsp3) is 0.235. The number of allylic oxidation sites excluding steroid dienone is 1. The van der Waals surface area contributed by atoms with Gasteiger partial charge >= 0.3 is 11.9 Å². The van der Waals surface area contributed by atoms with Crippen LogP contribution in [0.1, 0.15) is 17.9 Å². The summed E-state index contributed by atoms with van der Waals surface area (Å²) in [7, 11) is 2.31. The number of nitrogens with two attached hydrogens (primary N) is 1. The maximum Gasteiger partial charge on any atom is 0.338 e. The molecule has 1 aromatic rings. The Bertz CT molecular complexity index is 823. The summed E-state index contributed by atoms with van der Waals surface area (Å²) in [6.07, 6.45) is -0.397. The van der Waals surface area contributed by atoms with E-state index in [-0.39, 0.29) is 22.8 Å². The number of rotatable bonds is 4. The van der Waals surface area contributed by atoms with Gasteiger partial charge in [-0.25, -0.2) is 9.18 Å². The maximum absolute atomic E-state index is 13.7. The average molecular weight is 346 g/mol. The molecule has 25 heavy (non-hydrogen) atoms. The van der Waals surface area contributed by atoms with Crippen LogP contribution in [0.4, 0.5) is 4.39 Å². The molecule has 0 bridgehead atoms. The zero-order valence-corrected chi connectivity index (χ0v) is 13.5. The zero-order valence-electron chi connectivity index (χ0n) is 13.5. The molecule has 8 heteroatoms. The first-order valence-electron chi connectivity index (χ1n) is 7.14. The lowest BCUT2D eigenvalue weighted by molar-refractivity contribution is -0.140. The van der Waals surface area contributed by atoms with Crippen LogP contribution in [0.5, 0.6) is 0 Å². The van der Waals surface area contributed by atoms with Gasteiger partial charge in [0, 0.05) is 0 Å². The molecule has 7 nitrogen and oxygen atoms in total. The van der Waals surface area contributed by atoms with Crippen LogP contribution in [0.15, 0.2) is 47.1 Å². The predicted molar refractivity (Wildman–Crippen MR) is 82.7 cm³/mol. The summed E-state index contributed by atoms with van der Waals surface area (Å²) in [5.41, 5.74) is 5.88. The van der Waals surface area contributed by atoms with Gasteiger partial charge < -0.3 is 19.9 Å². The monoisotopic (exact) mass is 346 g/mol. The van der Waals surface area contributed by atoms with E-state index in [0.717, 1.165) is 7.11 Å². The Hall–Kier alpha value is -3.34. The molecule has 0 spiro atoms. The van der Waals surface area contributed by atoms with Crippen LogP contribution in [0.2, 0.25) is 0 Å². The molecule has 1 aliphatic rings. The molecule has 2 rings (SSSR count). The number of carbonyl (C=O) groups is 2. The number of halogens is 1. The average Bonchev–Trinajstić information content (AvgIpc) is 2.60. The van der Waals surface area contributed by atoms with Crippen LogP contribution >= 0.6 is 0 Å². The van der Waals surface area contributed by atoms with Gasteiger partial charge in [0.25, 0.3) is 0 Å². The first-order valence-corrected chi connectivity index (χ1v) is 7.14. The molecule has 0 saturated carbocycles. The number of nitriles is 1. The minimum atomic E-state index is -1.03. The molecule has 130 valence electrons. The van der Waals surface area contributed by atoms with E-state index in [9.17, 15) is 19.2 Å². The summed E-state index contributed by atoms with van der Waals surface area (Å²) in [6.45, 7) is 0. The van der Waals surface area contributed by atoms with Crippen molar-refractivity contribution in [3.05, 3.63) is 58.4 Å². The number of esters is 2. The van der Waals surface area contributed by atoms with Gasteiger partial charge in [-0.2, -0.15) is 5.26 Å². The third-order valence-electron chi connectivity index (χ3n) is 3.62. The van der Waals surface area contributed by atoms with Crippen molar-refractivity contribution in [3.63, 3.8) is 0 Å². The van der Waals surface area contributed by atoms with Crippen LogP contribution in [0, 0.1) is 17.1 Å². The van der Waals surface area contributed by atoms with Gasteiger partial charge in [0.05, 0.1) is 25.7 Å². The van der Waals surface area contributed by atoms with Gasteiger partial charge in [-0.15, -0.1) is 0 Å². The predicted octanol–water partition coefficient (Wildman–Crippen LogP) is 1.62. The number of hydrogen-bond donors (Lipinski definition) is 1. The summed E-state index contributed by atoms with van der Waals surface area (Å²) in [5, 5.41) is 9.42. The minimum absolute atomic E-state index is 0.0837. The normalized spacial score (nSPS) is 16.8. The van der Waals surface area contributed by atoms with Gasteiger partial charge in [0.15, 0.2) is 0 Å². The molecule has 1 aliphatic heterocycles. The van der Waals surface area contributed by atoms with Gasteiger partial charge in [-0.05, 0) is 17.7 Å². The number of nitrogens with zero attached hydrogens (tertiary/aromatic N) is 1. The topological polar surface area (TPSA) is 112 Å². The van der Waals surface area contributed by atoms with Crippen molar-refractivity contribution in [3.8, 4) is 6.07 Å². The fourth-order valence-electron chi connectivity index (χ4n) is 2.51. The third kappa shape index (κ3) is 3.61. The molecule has 0 aliphatic carbocycles. The summed E-state index contributed by atoms with van der Waals surface area (Å²) >= 11 is 0. The van der Waals surface area contributed by atoms with Crippen molar-refractivity contribution in [1.29, 1.82) is 5.26 Å². The Kier molecular flexibility index (Phi) is 5.39. The summed E-state index contributed by atoms with van der Waals surface area (Å²) in [5.74, 6) is -3.47. The number of hydrogen-bond acceptors (Lipinski definition) is 7. The number of methoxy groups -OCH3 is 2. The van der Waals surface area contributed by atoms with Crippen molar-refractivity contribution >= 4 is 11.9 Å². The summed E-state index contributed by atoms with van der Waals surface area (Å²) in [4.78, 5) is 23.9. The van der Waals surface area contributed by atoms with Gasteiger partial charge in [-0.3, -0.25) is 4.79 Å². The molecule has 1 heterocycles. The fourth-order valence-corrected chi connectivity index (χ4v) is 2.51. The van der Waals surface area contributed by atoms with Crippen LogP contribution in [0.3, 0.4) is 0 Å². The molecule has 1 atom stereocenters. The lowest BCUT2D eigenvalue weighted by Crippen LogP contribution is -2.27. The van der Waals surface area contributed by atoms with Gasteiger partial charge in [-0.1, -0.05) is 12.1 Å². The van der Waals surface area contributed by atoms with Crippen molar-refractivity contribution in [2.45, 2.75) is 12.3 Å². The van der Waals surface area contributed by atoms with Crippen LogP contribution < -0.4 is 5.73 Å². The van der Waals surface area contributed by atoms with E-state index >= 15 is 0 Å². The summed E-state index contributed by atoms with van der Waals surface area (Å²) < 4.78 is 28.3. The minimum Gasteiger partial charge on any atom is -0.469 e. The van der Waals surface area contributed by atoms with Crippen molar-refractivity contribution in [1.82, 2.24) is 0 Å². The van der Waals surface area contributed by atoms with Crippen LogP contribution in [0.25, 0.3) is 0 Å². The van der Waals surface area contributed by atoms with Crippen LogP contribution in [-0.2, 0) is 23.8 Å². The second-order valence-electron chi connectivity index (χ2n) is 5.06. The molecule has 0 aromatic heterocycles. The highest BCUT2D eigenvalue weighted by molar-refractivity contribution is 5.93. The maximum atomic E-state index is 13.7. The van der Waals surface area contributed by atoms with E-state index in [1.165, 1.54) is 31.4 Å². The Morgan fingerprint density at radius 1 is 1.36 bits per heavy atom. The SMILES string of the molecule is COC(=O)CC1=C(C(=O)OC)C(c2cccc(F)c2)C(C#N)=C(N)O1.